The van der Waals surface area contributed by atoms with Crippen LogP contribution in [0.2, 0.25) is 0 Å². The lowest BCUT2D eigenvalue weighted by atomic mass is 9.98. The first-order valence-electron chi connectivity index (χ1n) is 11.8. The lowest BCUT2D eigenvalue weighted by Crippen LogP contribution is -2.49. The number of rotatable bonds is 5. The Morgan fingerprint density at radius 2 is 1.97 bits per heavy atom. The summed E-state index contributed by atoms with van der Waals surface area (Å²) in [5, 5.41) is 10.8. The highest BCUT2D eigenvalue weighted by Gasteiger charge is 2.39. The molecule has 182 valence electrons. The number of methoxy groups -OCH3 is 1. The van der Waals surface area contributed by atoms with E-state index in [0.717, 1.165) is 34.6 Å². The van der Waals surface area contributed by atoms with E-state index >= 15 is 0 Å². The van der Waals surface area contributed by atoms with Crippen LogP contribution in [0.5, 0.6) is 5.75 Å². The van der Waals surface area contributed by atoms with Crippen LogP contribution in [0.1, 0.15) is 24.1 Å². The maximum Gasteiger partial charge on any atom is 0.250 e. The zero-order chi connectivity index (χ0) is 24.5. The number of halogens is 1. The Labute approximate surface area is 204 Å². The lowest BCUT2D eigenvalue weighted by Gasteiger charge is -2.35. The fraction of sp³-hybridized carbons (Fsp3) is 0.333. The summed E-state index contributed by atoms with van der Waals surface area (Å²) >= 11 is 0. The molecule has 3 aromatic rings. The fourth-order valence-corrected chi connectivity index (χ4v) is 4.97. The number of anilines is 1. The van der Waals surface area contributed by atoms with E-state index in [1.54, 1.807) is 30.5 Å². The Balaban J connectivity index is 1.35. The van der Waals surface area contributed by atoms with Crippen LogP contribution in [0.15, 0.2) is 60.6 Å². The molecule has 35 heavy (non-hydrogen) atoms. The number of piperidine rings is 1. The molecule has 5 rings (SSSR count). The topological polar surface area (TPSA) is 70.8 Å². The number of hydrogen-bond donors (Lipinski definition) is 1. The molecule has 2 aliphatic heterocycles. The van der Waals surface area contributed by atoms with E-state index in [9.17, 15) is 14.3 Å². The van der Waals surface area contributed by atoms with Gasteiger partial charge in [0.15, 0.2) is 0 Å². The van der Waals surface area contributed by atoms with Crippen LogP contribution in [-0.4, -0.2) is 64.4 Å². The maximum absolute atomic E-state index is 13.4. The largest absolute Gasteiger partial charge is 0.495 e. The van der Waals surface area contributed by atoms with Gasteiger partial charge in [0.2, 0.25) is 5.91 Å². The smallest absolute Gasteiger partial charge is 0.250 e. The van der Waals surface area contributed by atoms with Gasteiger partial charge in [-0.3, -0.25) is 4.79 Å². The van der Waals surface area contributed by atoms with Gasteiger partial charge in [-0.1, -0.05) is 6.07 Å². The summed E-state index contributed by atoms with van der Waals surface area (Å²) in [7, 11) is 1.63. The van der Waals surface area contributed by atoms with Crippen LogP contribution < -0.4 is 9.64 Å². The number of aliphatic hydroxyl groups is 1. The second-order valence-corrected chi connectivity index (χ2v) is 9.14. The van der Waals surface area contributed by atoms with Gasteiger partial charge in [0.05, 0.1) is 37.0 Å². The molecule has 0 spiro atoms. The van der Waals surface area contributed by atoms with Crippen molar-refractivity contribution in [3.63, 3.8) is 0 Å². The minimum atomic E-state index is -0.665. The van der Waals surface area contributed by atoms with Gasteiger partial charge in [-0.25, -0.2) is 9.37 Å². The second-order valence-electron chi connectivity index (χ2n) is 9.14. The number of nitrogens with zero attached hydrogens (tertiary/aromatic N) is 4. The van der Waals surface area contributed by atoms with E-state index in [4.69, 9.17) is 4.74 Å². The van der Waals surface area contributed by atoms with Gasteiger partial charge in [0.25, 0.3) is 0 Å². The molecule has 2 atom stereocenters. The number of ether oxygens (including phenoxy) is 1. The minimum Gasteiger partial charge on any atom is -0.495 e. The third-order valence-corrected chi connectivity index (χ3v) is 6.77. The average molecular weight is 477 g/mol. The summed E-state index contributed by atoms with van der Waals surface area (Å²) in [6, 6.07) is 11.8. The third-order valence-electron chi connectivity index (χ3n) is 6.77. The molecular formula is C27H29FN4O3. The zero-order valence-corrected chi connectivity index (χ0v) is 19.9. The number of amides is 1. The number of aromatic nitrogens is 2. The number of β-amino-alcohol motifs (C(OH)–C–C–N with tert-alkyl or cyclic N) is 1. The van der Waals surface area contributed by atoms with Gasteiger partial charge in [-0.15, -0.1) is 0 Å². The molecule has 0 aliphatic carbocycles. The summed E-state index contributed by atoms with van der Waals surface area (Å²) in [5.41, 5.74) is 4.23. The molecule has 0 bridgehead atoms. The molecule has 0 saturated carbocycles. The quantitative estimate of drug-likeness (QED) is 0.570. The van der Waals surface area contributed by atoms with Gasteiger partial charge in [0.1, 0.15) is 11.6 Å². The average Bonchev–Trinajstić information content (AvgIpc) is 3.46. The number of benzene rings is 2. The van der Waals surface area contributed by atoms with Gasteiger partial charge in [-0.2, -0.15) is 0 Å². The molecule has 2 fully saturated rings. The van der Waals surface area contributed by atoms with Crippen molar-refractivity contribution in [3.05, 3.63) is 77.6 Å². The second kappa shape index (κ2) is 9.54. The van der Waals surface area contributed by atoms with Crippen molar-refractivity contribution in [2.24, 2.45) is 0 Å². The van der Waals surface area contributed by atoms with Crippen molar-refractivity contribution in [1.29, 1.82) is 0 Å². The molecule has 2 saturated heterocycles. The number of aliphatic hydroxyl groups excluding tert-OH is 1. The number of likely N-dealkylation sites (tertiary alicyclic amines) is 1. The molecule has 0 radical (unpaired) electrons. The van der Waals surface area contributed by atoms with Crippen LogP contribution in [-0.2, 0) is 4.79 Å². The monoisotopic (exact) mass is 476 g/mol. The molecule has 1 aromatic heterocycles. The predicted octanol–water partition coefficient (Wildman–Crippen LogP) is 3.58. The van der Waals surface area contributed by atoms with Gasteiger partial charge in [-0.05, 0) is 67.8 Å². The highest BCUT2D eigenvalue weighted by atomic mass is 19.1. The van der Waals surface area contributed by atoms with Crippen molar-refractivity contribution < 1.29 is 19.0 Å². The molecule has 3 heterocycles. The molecule has 2 aliphatic rings. The molecule has 0 unspecified atom stereocenters. The van der Waals surface area contributed by atoms with Crippen molar-refractivity contribution in [2.75, 3.05) is 31.6 Å². The summed E-state index contributed by atoms with van der Waals surface area (Å²) < 4.78 is 20.8. The summed E-state index contributed by atoms with van der Waals surface area (Å²) in [4.78, 5) is 21.5. The number of carbonyl (C=O) groups is 1. The molecule has 8 heteroatoms. The van der Waals surface area contributed by atoms with Gasteiger partial charge < -0.3 is 24.2 Å². The Morgan fingerprint density at radius 3 is 2.69 bits per heavy atom. The summed E-state index contributed by atoms with van der Waals surface area (Å²) in [6.07, 6.45) is 6.45. The van der Waals surface area contributed by atoms with Crippen molar-refractivity contribution in [2.45, 2.75) is 31.9 Å². The van der Waals surface area contributed by atoms with Crippen LogP contribution in [0.25, 0.3) is 11.8 Å². The highest BCUT2D eigenvalue weighted by molar-refractivity contribution is 5.99. The van der Waals surface area contributed by atoms with Crippen LogP contribution in [0.4, 0.5) is 10.1 Å². The SMILES string of the molecule is COc1cc(C=C2CCCN([C@H]3CN(c4ccc(F)cc4)C[C@@H]3O)C2=O)ccc1-n1cnc(C)c1. The van der Waals surface area contributed by atoms with E-state index < -0.39 is 6.10 Å². The summed E-state index contributed by atoms with van der Waals surface area (Å²) in [6.45, 7) is 3.46. The molecule has 2 aromatic carbocycles. The van der Waals surface area contributed by atoms with E-state index in [-0.39, 0.29) is 17.8 Å². The molecule has 7 nitrogen and oxygen atoms in total. The zero-order valence-electron chi connectivity index (χ0n) is 19.9. The van der Waals surface area contributed by atoms with Crippen LogP contribution >= 0.6 is 0 Å². The minimum absolute atomic E-state index is 0.0467. The van der Waals surface area contributed by atoms with Crippen molar-refractivity contribution in [1.82, 2.24) is 14.5 Å². The Kier molecular flexibility index (Phi) is 6.30. The van der Waals surface area contributed by atoms with E-state index in [0.29, 0.717) is 31.8 Å². The number of carbonyl (C=O) groups excluding carboxylic acids is 1. The number of imidazole rings is 1. The van der Waals surface area contributed by atoms with E-state index in [2.05, 4.69) is 4.98 Å². The third kappa shape index (κ3) is 4.66. The fourth-order valence-electron chi connectivity index (χ4n) is 4.97. The molecule has 1 N–H and O–H groups in total. The summed E-state index contributed by atoms with van der Waals surface area (Å²) in [5.74, 6) is 0.350. The Morgan fingerprint density at radius 1 is 1.17 bits per heavy atom. The van der Waals surface area contributed by atoms with Crippen LogP contribution in [0, 0.1) is 12.7 Å². The molecule has 1 amide bonds. The van der Waals surface area contributed by atoms with Gasteiger partial charge >= 0.3 is 0 Å². The highest BCUT2D eigenvalue weighted by Crippen LogP contribution is 2.30. The number of aryl methyl sites for hydroxylation is 1. The molecular weight excluding hydrogens is 447 g/mol. The standard InChI is InChI=1S/C27H29FN4O3/c1-18-14-31(17-29-18)23-10-5-19(13-26(23)35-2)12-20-4-3-11-32(27(20)34)24-15-30(16-25(24)33)22-8-6-21(28)7-9-22/h5-10,12-14,17,24-25,33H,3-4,11,15-16H2,1-2H3/t24-,25-/m0/s1. The van der Waals surface area contributed by atoms with Crippen molar-refractivity contribution in [3.8, 4) is 11.4 Å². The Bertz CT molecular complexity index is 1250. The first-order chi connectivity index (χ1) is 16.9. The lowest BCUT2D eigenvalue weighted by molar-refractivity contribution is -0.132. The first kappa shape index (κ1) is 23.1. The predicted molar refractivity (Wildman–Crippen MR) is 132 cm³/mol. The van der Waals surface area contributed by atoms with E-state index in [1.807, 2.05) is 46.9 Å². The first-order valence-corrected chi connectivity index (χ1v) is 11.8. The van der Waals surface area contributed by atoms with Crippen LogP contribution in [0.3, 0.4) is 0 Å². The Hall–Kier alpha value is -3.65. The van der Waals surface area contributed by atoms with Crippen molar-refractivity contribution >= 4 is 17.7 Å². The normalized spacial score (nSPS) is 21.7. The van der Waals surface area contributed by atoms with Gasteiger partial charge in [0, 0.05) is 37.1 Å². The van der Waals surface area contributed by atoms with E-state index in [1.165, 1.54) is 12.1 Å². The number of hydrogen-bond acceptors (Lipinski definition) is 5. The maximum atomic E-state index is 13.4.